The van der Waals surface area contributed by atoms with E-state index in [-0.39, 0.29) is 11.6 Å². The van der Waals surface area contributed by atoms with Crippen molar-refractivity contribution in [3.63, 3.8) is 0 Å². The van der Waals surface area contributed by atoms with Crippen LogP contribution in [0.4, 0.5) is 5.69 Å². The molecule has 3 aromatic carbocycles. The fourth-order valence-corrected chi connectivity index (χ4v) is 3.30. The molecule has 8 heteroatoms. The number of benzene rings is 3. The molecule has 0 spiro atoms. The van der Waals surface area contributed by atoms with Crippen molar-refractivity contribution >= 4 is 34.2 Å². The van der Waals surface area contributed by atoms with E-state index in [4.69, 9.17) is 11.6 Å². The SMILES string of the molecule is O=C(NC(c1ccccc1)c1nc2ccc([N+](=O)[O-])cc2[nH]1)c1ccccc1Cl. The monoisotopic (exact) mass is 406 g/mol. The highest BCUT2D eigenvalue weighted by molar-refractivity contribution is 6.33. The molecule has 144 valence electrons. The summed E-state index contributed by atoms with van der Waals surface area (Å²) in [5, 5.41) is 14.3. The van der Waals surface area contributed by atoms with Gasteiger partial charge in [0.2, 0.25) is 0 Å². The summed E-state index contributed by atoms with van der Waals surface area (Å²) in [4.78, 5) is 31.1. The number of imidazole rings is 1. The van der Waals surface area contributed by atoms with Gasteiger partial charge in [-0.3, -0.25) is 14.9 Å². The number of nitro benzene ring substituents is 1. The van der Waals surface area contributed by atoms with Crippen molar-refractivity contribution in [2.75, 3.05) is 0 Å². The molecule has 0 fully saturated rings. The molecule has 1 unspecified atom stereocenters. The molecular formula is C21H15ClN4O3. The lowest BCUT2D eigenvalue weighted by molar-refractivity contribution is -0.384. The summed E-state index contributed by atoms with van der Waals surface area (Å²) >= 11 is 6.16. The van der Waals surface area contributed by atoms with Gasteiger partial charge in [-0.05, 0) is 23.8 Å². The summed E-state index contributed by atoms with van der Waals surface area (Å²) in [5.41, 5.74) is 2.20. The van der Waals surface area contributed by atoms with Crippen molar-refractivity contribution in [1.29, 1.82) is 0 Å². The molecule has 29 heavy (non-hydrogen) atoms. The molecule has 1 heterocycles. The van der Waals surface area contributed by atoms with E-state index >= 15 is 0 Å². The fraction of sp³-hybridized carbons (Fsp3) is 0.0476. The number of aromatic amines is 1. The van der Waals surface area contributed by atoms with Crippen molar-refractivity contribution in [3.05, 3.63) is 105 Å². The number of H-pyrrole nitrogens is 1. The van der Waals surface area contributed by atoms with Crippen molar-refractivity contribution in [1.82, 2.24) is 15.3 Å². The van der Waals surface area contributed by atoms with E-state index in [2.05, 4.69) is 15.3 Å². The van der Waals surface area contributed by atoms with E-state index in [1.165, 1.54) is 12.1 Å². The quantitative estimate of drug-likeness (QED) is 0.372. The van der Waals surface area contributed by atoms with Gasteiger partial charge >= 0.3 is 0 Å². The molecule has 0 saturated heterocycles. The summed E-state index contributed by atoms with van der Waals surface area (Å²) in [7, 11) is 0. The number of nitrogens with one attached hydrogen (secondary N) is 2. The van der Waals surface area contributed by atoms with Crippen molar-refractivity contribution < 1.29 is 9.72 Å². The standard InChI is InChI=1S/C21H15ClN4O3/c22-16-9-5-4-8-15(16)21(27)25-19(13-6-2-1-3-7-13)20-23-17-11-10-14(26(28)29)12-18(17)24-20/h1-12,19H,(H,23,24)(H,25,27). The van der Waals surface area contributed by atoms with E-state index in [1.54, 1.807) is 30.3 Å². The molecule has 4 aromatic rings. The second kappa shape index (κ2) is 7.73. The third-order valence-electron chi connectivity index (χ3n) is 4.49. The topological polar surface area (TPSA) is 101 Å². The van der Waals surface area contributed by atoms with Crippen LogP contribution >= 0.6 is 11.6 Å². The summed E-state index contributed by atoms with van der Waals surface area (Å²) < 4.78 is 0. The predicted octanol–water partition coefficient (Wildman–Crippen LogP) is 4.64. The first-order chi connectivity index (χ1) is 14.0. The number of fused-ring (bicyclic) bond motifs is 1. The number of aromatic nitrogens is 2. The second-order valence-electron chi connectivity index (χ2n) is 6.38. The lowest BCUT2D eigenvalue weighted by atomic mass is 10.1. The molecule has 0 saturated carbocycles. The molecule has 7 nitrogen and oxygen atoms in total. The number of rotatable bonds is 5. The van der Waals surface area contributed by atoms with Gasteiger partial charge < -0.3 is 10.3 Å². The van der Waals surface area contributed by atoms with E-state index < -0.39 is 11.0 Å². The van der Waals surface area contributed by atoms with E-state index in [1.807, 2.05) is 30.3 Å². The normalized spacial score (nSPS) is 11.9. The smallest absolute Gasteiger partial charge is 0.271 e. The number of amides is 1. The Kier molecular flexibility index (Phi) is 4.97. The van der Waals surface area contributed by atoms with Gasteiger partial charge in [0.05, 0.1) is 26.5 Å². The molecule has 0 radical (unpaired) electrons. The van der Waals surface area contributed by atoms with Gasteiger partial charge in [-0.15, -0.1) is 0 Å². The zero-order chi connectivity index (χ0) is 20.4. The average Bonchev–Trinajstić information content (AvgIpc) is 3.15. The minimum absolute atomic E-state index is 0.0379. The largest absolute Gasteiger partial charge is 0.340 e. The first-order valence-electron chi connectivity index (χ1n) is 8.77. The second-order valence-corrected chi connectivity index (χ2v) is 6.78. The number of hydrogen-bond acceptors (Lipinski definition) is 4. The highest BCUT2D eigenvalue weighted by atomic mass is 35.5. The van der Waals surface area contributed by atoms with Crippen LogP contribution in [0.2, 0.25) is 5.02 Å². The average molecular weight is 407 g/mol. The van der Waals surface area contributed by atoms with E-state index in [9.17, 15) is 14.9 Å². The van der Waals surface area contributed by atoms with Gasteiger partial charge in [0.25, 0.3) is 11.6 Å². The Balaban J connectivity index is 1.75. The lowest BCUT2D eigenvalue weighted by Crippen LogP contribution is -2.30. The summed E-state index contributed by atoms with van der Waals surface area (Å²) in [5.74, 6) is 0.114. The number of carbonyl (C=O) groups excluding carboxylic acids is 1. The maximum absolute atomic E-state index is 12.9. The predicted molar refractivity (Wildman–Crippen MR) is 110 cm³/mol. The molecule has 1 amide bonds. The molecule has 0 aliphatic rings. The van der Waals surface area contributed by atoms with E-state index in [0.717, 1.165) is 5.56 Å². The minimum atomic E-state index is -0.591. The number of carbonyl (C=O) groups is 1. The third kappa shape index (κ3) is 3.81. The van der Waals surface area contributed by atoms with Gasteiger partial charge in [0.1, 0.15) is 11.9 Å². The van der Waals surface area contributed by atoms with Gasteiger partial charge in [-0.25, -0.2) is 4.98 Å². The molecule has 0 bridgehead atoms. The Bertz CT molecular complexity index is 1210. The molecule has 2 N–H and O–H groups in total. The zero-order valence-electron chi connectivity index (χ0n) is 15.0. The Morgan fingerprint density at radius 2 is 1.79 bits per heavy atom. The number of hydrogen-bond donors (Lipinski definition) is 2. The number of halogens is 1. The van der Waals surface area contributed by atoms with Crippen LogP contribution in [0, 0.1) is 10.1 Å². The molecule has 1 atom stereocenters. The Hall–Kier alpha value is -3.71. The Labute approximate surface area is 170 Å². The molecule has 0 aliphatic carbocycles. The maximum Gasteiger partial charge on any atom is 0.271 e. The van der Waals surface area contributed by atoms with Gasteiger partial charge in [-0.2, -0.15) is 0 Å². The molecule has 1 aromatic heterocycles. The lowest BCUT2D eigenvalue weighted by Gasteiger charge is -2.17. The fourth-order valence-electron chi connectivity index (χ4n) is 3.08. The van der Waals surface area contributed by atoms with Crippen molar-refractivity contribution in [3.8, 4) is 0 Å². The van der Waals surface area contributed by atoms with Crippen molar-refractivity contribution in [2.45, 2.75) is 6.04 Å². The minimum Gasteiger partial charge on any atom is -0.340 e. The van der Waals surface area contributed by atoms with Gasteiger partial charge in [-0.1, -0.05) is 54.1 Å². The van der Waals surface area contributed by atoms with Gasteiger partial charge in [0.15, 0.2) is 0 Å². The van der Waals surface area contributed by atoms with Crippen molar-refractivity contribution in [2.24, 2.45) is 0 Å². The van der Waals surface area contributed by atoms with Gasteiger partial charge in [0, 0.05) is 12.1 Å². The number of nitrogens with zero attached hydrogens (tertiary/aromatic N) is 2. The van der Waals surface area contributed by atoms with Crippen LogP contribution in [-0.4, -0.2) is 20.8 Å². The maximum atomic E-state index is 12.9. The van der Waals surface area contributed by atoms with Crippen LogP contribution < -0.4 is 5.32 Å². The van der Waals surface area contributed by atoms with Crippen LogP contribution in [0.3, 0.4) is 0 Å². The van der Waals surface area contributed by atoms with Crippen LogP contribution in [0.25, 0.3) is 11.0 Å². The Morgan fingerprint density at radius 1 is 1.07 bits per heavy atom. The summed E-state index contributed by atoms with van der Waals surface area (Å²) in [6.45, 7) is 0. The van der Waals surface area contributed by atoms with E-state index in [0.29, 0.717) is 27.4 Å². The number of non-ortho nitro benzene ring substituents is 1. The molecular weight excluding hydrogens is 392 g/mol. The summed E-state index contributed by atoms with van der Waals surface area (Å²) in [6.07, 6.45) is 0. The summed E-state index contributed by atoms with van der Waals surface area (Å²) in [6, 6.07) is 19.9. The van der Waals surface area contributed by atoms with Crippen LogP contribution in [-0.2, 0) is 0 Å². The van der Waals surface area contributed by atoms with Crippen LogP contribution in [0.15, 0.2) is 72.8 Å². The first-order valence-corrected chi connectivity index (χ1v) is 9.15. The number of nitro groups is 1. The molecule has 4 rings (SSSR count). The third-order valence-corrected chi connectivity index (χ3v) is 4.82. The first kappa shape index (κ1) is 18.6. The van der Waals surface area contributed by atoms with Crippen LogP contribution in [0.5, 0.6) is 0 Å². The highest BCUT2D eigenvalue weighted by Crippen LogP contribution is 2.26. The van der Waals surface area contributed by atoms with Crippen LogP contribution in [0.1, 0.15) is 27.8 Å². The Morgan fingerprint density at radius 3 is 2.52 bits per heavy atom. The highest BCUT2D eigenvalue weighted by Gasteiger charge is 2.22. The zero-order valence-corrected chi connectivity index (χ0v) is 15.8. The molecule has 0 aliphatic heterocycles.